The minimum atomic E-state index is -0.0572. The van der Waals surface area contributed by atoms with Crippen LogP contribution in [0.1, 0.15) is 30.0 Å². The molecule has 2 unspecified atom stereocenters. The van der Waals surface area contributed by atoms with E-state index in [4.69, 9.17) is 10.5 Å². The first-order valence-corrected chi connectivity index (χ1v) is 7.64. The first-order valence-electron chi connectivity index (χ1n) is 6.84. The molecule has 2 N–H and O–H groups in total. The lowest BCUT2D eigenvalue weighted by molar-refractivity contribution is -0.138. The van der Waals surface area contributed by atoms with Gasteiger partial charge in [0.05, 0.1) is 12.6 Å². The number of hydrogen-bond donors (Lipinski definition) is 1. The molecule has 1 aliphatic heterocycles. The van der Waals surface area contributed by atoms with E-state index >= 15 is 0 Å². The van der Waals surface area contributed by atoms with E-state index in [1.807, 2.05) is 24.0 Å². The van der Waals surface area contributed by atoms with Crippen molar-refractivity contribution in [2.45, 2.75) is 31.8 Å². The van der Waals surface area contributed by atoms with Crippen molar-refractivity contribution in [2.24, 2.45) is 5.73 Å². The standard InChI is InChI=1S/C15H21BrN2O2/c1-10-9-11(3-4-12(10)16)15-13(17)5-6-14(19)18(15)7-8-20-2/h3-4,9,13,15H,5-8,17H2,1-2H3. The number of halogens is 1. The molecule has 0 saturated carbocycles. The lowest BCUT2D eigenvalue weighted by Crippen LogP contribution is -2.49. The molecule has 2 rings (SSSR count). The van der Waals surface area contributed by atoms with Crippen LogP contribution in [0.3, 0.4) is 0 Å². The fourth-order valence-electron chi connectivity index (χ4n) is 2.71. The Morgan fingerprint density at radius 3 is 2.90 bits per heavy atom. The smallest absolute Gasteiger partial charge is 0.223 e. The number of benzene rings is 1. The number of rotatable bonds is 4. The molecule has 1 amide bonds. The number of methoxy groups -OCH3 is 1. The average molecular weight is 341 g/mol. The van der Waals surface area contributed by atoms with Crippen molar-refractivity contribution in [1.82, 2.24) is 4.90 Å². The molecule has 0 aromatic heterocycles. The summed E-state index contributed by atoms with van der Waals surface area (Å²) in [5.41, 5.74) is 8.53. The lowest BCUT2D eigenvalue weighted by atomic mass is 9.90. The molecular formula is C15H21BrN2O2. The van der Waals surface area contributed by atoms with Crippen LogP contribution in [-0.4, -0.2) is 37.1 Å². The van der Waals surface area contributed by atoms with E-state index in [0.29, 0.717) is 19.6 Å². The molecule has 0 radical (unpaired) electrons. The molecule has 5 heteroatoms. The summed E-state index contributed by atoms with van der Waals surface area (Å²) in [5, 5.41) is 0. The van der Waals surface area contributed by atoms with Crippen molar-refractivity contribution in [3.8, 4) is 0 Å². The first-order chi connectivity index (χ1) is 9.54. The number of piperidine rings is 1. The normalized spacial score (nSPS) is 23.2. The summed E-state index contributed by atoms with van der Waals surface area (Å²) in [7, 11) is 1.65. The average Bonchev–Trinajstić information content (AvgIpc) is 2.43. The highest BCUT2D eigenvalue weighted by Crippen LogP contribution is 2.32. The minimum absolute atomic E-state index is 0.0230. The van der Waals surface area contributed by atoms with Crippen LogP contribution in [0.15, 0.2) is 22.7 Å². The van der Waals surface area contributed by atoms with E-state index in [1.54, 1.807) is 7.11 Å². The van der Waals surface area contributed by atoms with Crippen molar-refractivity contribution in [1.29, 1.82) is 0 Å². The van der Waals surface area contributed by atoms with Gasteiger partial charge in [0.1, 0.15) is 0 Å². The monoisotopic (exact) mass is 340 g/mol. The third-order valence-electron chi connectivity index (χ3n) is 3.81. The van der Waals surface area contributed by atoms with E-state index in [1.165, 1.54) is 0 Å². The van der Waals surface area contributed by atoms with Gasteiger partial charge in [-0.3, -0.25) is 4.79 Å². The van der Waals surface area contributed by atoms with E-state index < -0.39 is 0 Å². The zero-order valence-electron chi connectivity index (χ0n) is 11.9. The van der Waals surface area contributed by atoms with Gasteiger partial charge >= 0.3 is 0 Å². The second-order valence-electron chi connectivity index (χ2n) is 5.24. The number of nitrogens with two attached hydrogens (primary N) is 1. The van der Waals surface area contributed by atoms with Gasteiger partial charge in [-0.05, 0) is 30.5 Å². The zero-order chi connectivity index (χ0) is 14.7. The maximum Gasteiger partial charge on any atom is 0.223 e. The van der Waals surface area contributed by atoms with Crippen LogP contribution in [0.4, 0.5) is 0 Å². The zero-order valence-corrected chi connectivity index (χ0v) is 13.5. The maximum absolute atomic E-state index is 12.2. The van der Waals surface area contributed by atoms with Crippen LogP contribution in [-0.2, 0) is 9.53 Å². The van der Waals surface area contributed by atoms with Gasteiger partial charge in [-0.15, -0.1) is 0 Å². The topological polar surface area (TPSA) is 55.6 Å². The van der Waals surface area contributed by atoms with E-state index in [9.17, 15) is 4.79 Å². The van der Waals surface area contributed by atoms with Crippen molar-refractivity contribution in [2.75, 3.05) is 20.3 Å². The molecule has 1 aliphatic rings. The summed E-state index contributed by atoms with van der Waals surface area (Å²) >= 11 is 3.51. The van der Waals surface area contributed by atoms with Gasteiger partial charge in [-0.2, -0.15) is 0 Å². The maximum atomic E-state index is 12.2. The summed E-state index contributed by atoms with van der Waals surface area (Å²) in [5.74, 6) is 0.161. The fourth-order valence-corrected chi connectivity index (χ4v) is 2.96. The van der Waals surface area contributed by atoms with Gasteiger partial charge in [-0.25, -0.2) is 0 Å². The second-order valence-corrected chi connectivity index (χ2v) is 6.09. The number of aryl methyl sites for hydroxylation is 1. The molecule has 1 aromatic rings. The second kappa shape index (κ2) is 6.70. The number of carbonyl (C=O) groups is 1. The van der Waals surface area contributed by atoms with Crippen LogP contribution in [0, 0.1) is 6.92 Å². The number of ether oxygens (including phenoxy) is 1. The molecule has 1 heterocycles. The van der Waals surface area contributed by atoms with Crippen LogP contribution in [0.2, 0.25) is 0 Å². The third-order valence-corrected chi connectivity index (χ3v) is 4.70. The van der Waals surface area contributed by atoms with E-state index in [2.05, 4.69) is 22.0 Å². The summed E-state index contributed by atoms with van der Waals surface area (Å²) in [6.07, 6.45) is 1.26. The molecule has 0 bridgehead atoms. The van der Waals surface area contributed by atoms with Gasteiger partial charge in [0.25, 0.3) is 0 Å². The molecule has 4 nitrogen and oxygen atoms in total. The van der Waals surface area contributed by atoms with Crippen molar-refractivity contribution < 1.29 is 9.53 Å². The minimum Gasteiger partial charge on any atom is -0.383 e. The van der Waals surface area contributed by atoms with Crippen LogP contribution < -0.4 is 5.73 Å². The van der Waals surface area contributed by atoms with Crippen molar-refractivity contribution in [3.63, 3.8) is 0 Å². The highest BCUT2D eigenvalue weighted by Gasteiger charge is 2.34. The quantitative estimate of drug-likeness (QED) is 0.915. The summed E-state index contributed by atoms with van der Waals surface area (Å²) in [4.78, 5) is 14.0. The Kier molecular flexibility index (Phi) is 5.18. The number of likely N-dealkylation sites (tertiary alicyclic amines) is 1. The van der Waals surface area contributed by atoms with Crippen LogP contribution >= 0.6 is 15.9 Å². The number of hydrogen-bond acceptors (Lipinski definition) is 3. The van der Waals surface area contributed by atoms with Gasteiger partial charge in [0, 0.05) is 30.6 Å². The Hall–Kier alpha value is -0.910. The molecule has 0 aliphatic carbocycles. The number of carbonyl (C=O) groups excluding carboxylic acids is 1. The third kappa shape index (κ3) is 3.22. The Bertz CT molecular complexity index is 493. The predicted molar refractivity (Wildman–Crippen MR) is 82.4 cm³/mol. The van der Waals surface area contributed by atoms with Crippen LogP contribution in [0.25, 0.3) is 0 Å². The van der Waals surface area contributed by atoms with Crippen molar-refractivity contribution in [3.05, 3.63) is 33.8 Å². The first kappa shape index (κ1) is 15.5. The van der Waals surface area contributed by atoms with E-state index in [-0.39, 0.29) is 18.0 Å². The molecule has 1 saturated heterocycles. The van der Waals surface area contributed by atoms with Gasteiger partial charge in [-0.1, -0.05) is 28.1 Å². The van der Waals surface area contributed by atoms with Gasteiger partial charge in [0.15, 0.2) is 0 Å². The molecule has 0 spiro atoms. The molecule has 20 heavy (non-hydrogen) atoms. The van der Waals surface area contributed by atoms with Gasteiger partial charge in [0.2, 0.25) is 5.91 Å². The SMILES string of the molecule is COCCN1C(=O)CCC(N)C1c1ccc(Br)c(C)c1. The Labute approximate surface area is 128 Å². The molecular weight excluding hydrogens is 320 g/mol. The van der Waals surface area contributed by atoms with Crippen molar-refractivity contribution >= 4 is 21.8 Å². The summed E-state index contributed by atoms with van der Waals surface area (Å²) in [6.45, 7) is 3.16. The summed E-state index contributed by atoms with van der Waals surface area (Å²) in [6, 6.07) is 6.08. The van der Waals surface area contributed by atoms with Gasteiger partial charge < -0.3 is 15.4 Å². The summed E-state index contributed by atoms with van der Waals surface area (Å²) < 4.78 is 6.18. The molecule has 1 aromatic carbocycles. The number of nitrogens with zero attached hydrogens (tertiary/aromatic N) is 1. The number of amides is 1. The Balaban J connectivity index is 2.31. The highest BCUT2D eigenvalue weighted by molar-refractivity contribution is 9.10. The Morgan fingerprint density at radius 1 is 1.50 bits per heavy atom. The molecule has 110 valence electrons. The predicted octanol–water partition coefficient (Wildman–Crippen LogP) is 2.39. The lowest BCUT2D eigenvalue weighted by Gasteiger charge is -2.40. The molecule has 2 atom stereocenters. The Morgan fingerprint density at radius 2 is 2.25 bits per heavy atom. The van der Waals surface area contributed by atoms with Crippen LogP contribution in [0.5, 0.6) is 0 Å². The van der Waals surface area contributed by atoms with E-state index in [0.717, 1.165) is 22.0 Å². The fraction of sp³-hybridized carbons (Fsp3) is 0.533. The largest absolute Gasteiger partial charge is 0.383 e. The highest BCUT2D eigenvalue weighted by atomic mass is 79.9. The molecule has 1 fully saturated rings.